The normalized spacial score (nSPS) is 26.4. The van der Waals surface area contributed by atoms with Crippen molar-refractivity contribution in [2.45, 2.75) is 69.2 Å². The Morgan fingerprint density at radius 1 is 1.03 bits per heavy atom. The molecule has 4 aliphatic carbocycles. The SMILES string of the molecule is CCCOc1cc(C)ccc1NC(=O)c1ccccc1SCC(=O)NC12CC3CC(CC(C3)C1)C2. The summed E-state index contributed by atoms with van der Waals surface area (Å²) in [4.78, 5) is 27.0. The molecule has 0 spiro atoms. The van der Waals surface area contributed by atoms with Crippen LogP contribution in [0.2, 0.25) is 0 Å². The number of aryl methyl sites for hydroxylation is 1. The fraction of sp³-hybridized carbons (Fsp3) is 0.517. The number of carbonyl (C=O) groups excluding carboxylic acids is 2. The molecule has 4 fully saturated rings. The Morgan fingerprint density at radius 3 is 2.40 bits per heavy atom. The molecule has 2 aromatic carbocycles. The molecule has 4 bridgehead atoms. The summed E-state index contributed by atoms with van der Waals surface area (Å²) in [5.41, 5.74) is 2.33. The van der Waals surface area contributed by atoms with Gasteiger partial charge in [-0.05, 0) is 99.5 Å². The van der Waals surface area contributed by atoms with Gasteiger partial charge in [-0.1, -0.05) is 25.1 Å². The predicted molar refractivity (Wildman–Crippen MR) is 141 cm³/mol. The second-order valence-corrected chi connectivity index (χ2v) is 11.9. The molecule has 4 saturated carbocycles. The first-order valence-corrected chi connectivity index (χ1v) is 14.0. The van der Waals surface area contributed by atoms with Gasteiger partial charge in [-0.3, -0.25) is 9.59 Å². The van der Waals surface area contributed by atoms with Gasteiger partial charge in [0, 0.05) is 10.4 Å². The topological polar surface area (TPSA) is 67.4 Å². The molecular weight excluding hydrogens is 456 g/mol. The van der Waals surface area contributed by atoms with Crippen LogP contribution < -0.4 is 15.4 Å². The highest BCUT2D eigenvalue weighted by Gasteiger charge is 2.51. The van der Waals surface area contributed by atoms with Gasteiger partial charge in [-0.2, -0.15) is 0 Å². The third-order valence-electron chi connectivity index (χ3n) is 7.78. The maximum atomic E-state index is 13.2. The van der Waals surface area contributed by atoms with Crippen molar-refractivity contribution in [2.24, 2.45) is 17.8 Å². The number of hydrogen-bond acceptors (Lipinski definition) is 4. The largest absolute Gasteiger partial charge is 0.491 e. The van der Waals surface area contributed by atoms with Crippen LogP contribution in [0.5, 0.6) is 5.75 Å². The minimum atomic E-state index is -0.195. The number of carbonyl (C=O) groups is 2. The zero-order valence-electron chi connectivity index (χ0n) is 20.8. The van der Waals surface area contributed by atoms with Crippen molar-refractivity contribution in [3.05, 3.63) is 53.6 Å². The molecule has 4 aliphatic rings. The number of benzene rings is 2. The maximum absolute atomic E-state index is 13.2. The van der Waals surface area contributed by atoms with E-state index in [0.717, 1.165) is 53.9 Å². The van der Waals surface area contributed by atoms with Crippen LogP contribution in [0, 0.1) is 24.7 Å². The number of hydrogen-bond donors (Lipinski definition) is 2. The quantitative estimate of drug-likeness (QED) is 0.408. The molecule has 6 heteroatoms. The molecule has 186 valence electrons. The molecule has 35 heavy (non-hydrogen) atoms. The van der Waals surface area contributed by atoms with Crippen LogP contribution in [-0.2, 0) is 4.79 Å². The Hall–Kier alpha value is -2.47. The van der Waals surface area contributed by atoms with Crippen LogP contribution in [0.15, 0.2) is 47.4 Å². The zero-order valence-corrected chi connectivity index (χ0v) is 21.6. The highest BCUT2D eigenvalue weighted by molar-refractivity contribution is 8.00. The Labute approximate surface area is 212 Å². The second-order valence-electron chi connectivity index (χ2n) is 10.8. The smallest absolute Gasteiger partial charge is 0.256 e. The molecule has 2 aromatic rings. The molecule has 0 atom stereocenters. The number of rotatable bonds is 9. The molecule has 0 aromatic heterocycles. The minimum Gasteiger partial charge on any atom is -0.491 e. The van der Waals surface area contributed by atoms with Gasteiger partial charge in [0.1, 0.15) is 5.75 Å². The van der Waals surface area contributed by atoms with Crippen molar-refractivity contribution < 1.29 is 14.3 Å². The van der Waals surface area contributed by atoms with Gasteiger partial charge in [0.25, 0.3) is 5.91 Å². The van der Waals surface area contributed by atoms with Crippen molar-refractivity contribution >= 4 is 29.3 Å². The molecule has 0 saturated heterocycles. The lowest BCUT2D eigenvalue weighted by Gasteiger charge is -2.56. The molecule has 0 heterocycles. The van der Waals surface area contributed by atoms with E-state index in [9.17, 15) is 9.59 Å². The number of nitrogens with one attached hydrogen (secondary N) is 2. The molecule has 6 rings (SSSR count). The van der Waals surface area contributed by atoms with E-state index >= 15 is 0 Å². The Balaban J connectivity index is 1.23. The van der Waals surface area contributed by atoms with Crippen molar-refractivity contribution in [1.82, 2.24) is 5.32 Å². The first-order chi connectivity index (χ1) is 16.9. The first kappa shape index (κ1) is 24.2. The third kappa shape index (κ3) is 5.53. The van der Waals surface area contributed by atoms with Gasteiger partial charge in [0.05, 0.1) is 23.6 Å². The van der Waals surface area contributed by atoms with Gasteiger partial charge in [-0.15, -0.1) is 11.8 Å². The van der Waals surface area contributed by atoms with E-state index in [2.05, 4.69) is 17.6 Å². The highest BCUT2D eigenvalue weighted by Crippen LogP contribution is 2.55. The average molecular weight is 493 g/mol. The van der Waals surface area contributed by atoms with Crippen LogP contribution in [0.3, 0.4) is 0 Å². The zero-order chi connectivity index (χ0) is 24.4. The Kier molecular flexibility index (Phi) is 7.10. The summed E-state index contributed by atoms with van der Waals surface area (Å²) in [5, 5.41) is 6.45. The second kappa shape index (κ2) is 10.3. The summed E-state index contributed by atoms with van der Waals surface area (Å²) in [7, 11) is 0. The lowest BCUT2D eigenvalue weighted by Crippen LogP contribution is -2.60. The first-order valence-electron chi connectivity index (χ1n) is 13.0. The number of thioether (sulfide) groups is 1. The summed E-state index contributed by atoms with van der Waals surface area (Å²) in [6.45, 7) is 4.66. The van der Waals surface area contributed by atoms with E-state index in [1.807, 2.05) is 49.4 Å². The third-order valence-corrected chi connectivity index (χ3v) is 8.85. The summed E-state index contributed by atoms with van der Waals surface area (Å²) in [5.74, 6) is 3.28. The standard InChI is InChI=1S/C29H36N2O3S/c1-3-10-34-25-11-19(2)8-9-24(25)30-28(33)23-6-4-5-7-26(23)35-18-27(32)31-29-15-20-12-21(16-29)14-22(13-20)17-29/h4-9,11,20-22H,3,10,12-18H2,1-2H3,(H,30,33)(H,31,32). The highest BCUT2D eigenvalue weighted by atomic mass is 32.2. The van der Waals surface area contributed by atoms with Gasteiger partial charge >= 0.3 is 0 Å². The molecule has 2 amide bonds. The summed E-state index contributed by atoms with van der Waals surface area (Å²) in [6.07, 6.45) is 8.41. The Morgan fingerprint density at radius 2 is 1.71 bits per heavy atom. The van der Waals surface area contributed by atoms with Crippen LogP contribution in [0.1, 0.15) is 67.8 Å². The van der Waals surface area contributed by atoms with Crippen molar-refractivity contribution in [1.29, 1.82) is 0 Å². The van der Waals surface area contributed by atoms with Crippen LogP contribution in [-0.4, -0.2) is 29.7 Å². The summed E-state index contributed by atoms with van der Waals surface area (Å²) in [6, 6.07) is 13.3. The van der Waals surface area contributed by atoms with Gasteiger partial charge in [0.2, 0.25) is 5.91 Å². The molecule has 0 unspecified atom stereocenters. The van der Waals surface area contributed by atoms with E-state index in [1.54, 1.807) is 0 Å². The number of ether oxygens (including phenoxy) is 1. The van der Waals surface area contributed by atoms with E-state index in [-0.39, 0.29) is 17.4 Å². The monoisotopic (exact) mass is 492 g/mol. The van der Waals surface area contributed by atoms with Crippen molar-refractivity contribution in [3.63, 3.8) is 0 Å². The minimum absolute atomic E-state index is 0.0175. The van der Waals surface area contributed by atoms with E-state index in [4.69, 9.17) is 4.74 Å². The molecule has 2 N–H and O–H groups in total. The van der Waals surface area contributed by atoms with Crippen molar-refractivity contribution in [3.8, 4) is 5.75 Å². The molecular formula is C29H36N2O3S. The fourth-order valence-electron chi connectivity index (χ4n) is 6.77. The van der Waals surface area contributed by atoms with Gasteiger partial charge < -0.3 is 15.4 Å². The predicted octanol–water partition coefficient (Wildman–Crippen LogP) is 6.21. The van der Waals surface area contributed by atoms with E-state index in [1.165, 1.54) is 31.0 Å². The van der Waals surface area contributed by atoms with E-state index in [0.29, 0.717) is 29.4 Å². The lowest BCUT2D eigenvalue weighted by atomic mass is 9.53. The number of anilines is 1. The van der Waals surface area contributed by atoms with E-state index < -0.39 is 0 Å². The van der Waals surface area contributed by atoms with Crippen LogP contribution in [0.4, 0.5) is 5.69 Å². The van der Waals surface area contributed by atoms with Crippen LogP contribution >= 0.6 is 11.8 Å². The lowest BCUT2D eigenvalue weighted by molar-refractivity contribution is -0.124. The Bertz CT molecular complexity index is 1060. The molecule has 5 nitrogen and oxygen atoms in total. The summed E-state index contributed by atoms with van der Waals surface area (Å²) < 4.78 is 5.86. The fourth-order valence-corrected chi connectivity index (χ4v) is 7.62. The number of amides is 2. The van der Waals surface area contributed by atoms with Gasteiger partial charge in [0.15, 0.2) is 0 Å². The van der Waals surface area contributed by atoms with Crippen LogP contribution in [0.25, 0.3) is 0 Å². The summed E-state index contributed by atoms with van der Waals surface area (Å²) >= 11 is 1.44. The molecule has 0 radical (unpaired) electrons. The van der Waals surface area contributed by atoms with Crippen molar-refractivity contribution in [2.75, 3.05) is 17.7 Å². The van der Waals surface area contributed by atoms with Gasteiger partial charge in [-0.25, -0.2) is 0 Å². The maximum Gasteiger partial charge on any atom is 0.256 e. The average Bonchev–Trinajstić information content (AvgIpc) is 2.82. The molecule has 0 aliphatic heterocycles.